The zero-order valence-corrected chi connectivity index (χ0v) is 11.5. The predicted molar refractivity (Wildman–Crippen MR) is 73.4 cm³/mol. The first-order valence-electron chi connectivity index (χ1n) is 6.29. The number of aromatic nitrogens is 3. The van der Waals surface area contributed by atoms with Crippen LogP contribution in [0.4, 0.5) is 0 Å². The lowest BCUT2D eigenvalue weighted by Crippen LogP contribution is -2.16. The number of hydrogen-bond acceptors (Lipinski definition) is 6. The molecule has 0 bridgehead atoms. The van der Waals surface area contributed by atoms with Gasteiger partial charge >= 0.3 is 5.97 Å². The number of methoxy groups -OCH3 is 1. The number of para-hydroxylation sites is 2. The largest absolute Gasteiger partial charge is 0.493 e. The lowest BCUT2D eigenvalue weighted by Gasteiger charge is -2.10. The van der Waals surface area contributed by atoms with Crippen molar-refractivity contribution < 1.29 is 19.4 Å². The number of hydrogen-bond donors (Lipinski definition) is 2. The molecule has 0 aliphatic rings. The third-order valence-electron chi connectivity index (χ3n) is 2.86. The number of rotatable bonds is 7. The Balaban J connectivity index is 2.02. The van der Waals surface area contributed by atoms with Gasteiger partial charge in [-0.15, -0.1) is 5.10 Å². The zero-order chi connectivity index (χ0) is 15.2. The lowest BCUT2D eigenvalue weighted by atomic mass is 10.3. The summed E-state index contributed by atoms with van der Waals surface area (Å²) in [6, 6.07) is 7.25. The molecule has 0 amide bonds. The van der Waals surface area contributed by atoms with E-state index in [2.05, 4.69) is 10.3 Å². The second-order valence-electron chi connectivity index (χ2n) is 4.12. The van der Waals surface area contributed by atoms with E-state index in [0.29, 0.717) is 23.7 Å². The van der Waals surface area contributed by atoms with Crippen LogP contribution in [0.25, 0.3) is 0 Å². The highest BCUT2D eigenvalue weighted by atomic mass is 16.5. The van der Waals surface area contributed by atoms with Gasteiger partial charge in [0.15, 0.2) is 17.2 Å². The molecule has 0 aliphatic carbocycles. The van der Waals surface area contributed by atoms with Gasteiger partial charge in [-0.2, -0.15) is 0 Å². The number of nitrogens with two attached hydrogens (primary N) is 1. The molecule has 8 nitrogen and oxygen atoms in total. The molecule has 0 saturated carbocycles. The van der Waals surface area contributed by atoms with Crippen molar-refractivity contribution in [3.05, 3.63) is 35.7 Å². The quantitative estimate of drug-likeness (QED) is 0.765. The molecular weight excluding hydrogens is 276 g/mol. The lowest BCUT2D eigenvalue weighted by molar-refractivity contribution is 0.0689. The molecule has 0 aliphatic heterocycles. The summed E-state index contributed by atoms with van der Waals surface area (Å²) in [5.41, 5.74) is 5.77. The molecule has 0 unspecified atom stereocenters. The number of nitrogens with zero attached hydrogens (tertiary/aromatic N) is 3. The summed E-state index contributed by atoms with van der Waals surface area (Å²) in [4.78, 5) is 11.0. The SMILES string of the molecule is COc1ccccc1OCCn1nnc(C(=O)O)c1CN. The van der Waals surface area contributed by atoms with E-state index < -0.39 is 5.97 Å². The Hall–Kier alpha value is -2.61. The predicted octanol–water partition coefficient (Wildman–Crippen LogP) is 0.523. The van der Waals surface area contributed by atoms with Crippen molar-refractivity contribution in [3.63, 3.8) is 0 Å². The average Bonchev–Trinajstić information content (AvgIpc) is 2.91. The summed E-state index contributed by atoms with van der Waals surface area (Å²) < 4.78 is 12.2. The molecule has 0 saturated heterocycles. The van der Waals surface area contributed by atoms with E-state index in [4.69, 9.17) is 20.3 Å². The van der Waals surface area contributed by atoms with Crippen LogP contribution in [-0.2, 0) is 13.1 Å². The maximum atomic E-state index is 11.0. The van der Waals surface area contributed by atoms with Crippen LogP contribution in [0.5, 0.6) is 11.5 Å². The molecule has 21 heavy (non-hydrogen) atoms. The molecule has 3 N–H and O–H groups in total. The van der Waals surface area contributed by atoms with Crippen molar-refractivity contribution in [2.75, 3.05) is 13.7 Å². The van der Waals surface area contributed by atoms with Crippen LogP contribution in [-0.4, -0.2) is 39.8 Å². The maximum absolute atomic E-state index is 11.0. The van der Waals surface area contributed by atoms with Crippen LogP contribution in [0.2, 0.25) is 0 Å². The second-order valence-corrected chi connectivity index (χ2v) is 4.12. The maximum Gasteiger partial charge on any atom is 0.358 e. The van der Waals surface area contributed by atoms with E-state index in [1.165, 1.54) is 4.68 Å². The summed E-state index contributed by atoms with van der Waals surface area (Å²) in [5.74, 6) is 0.0848. The molecule has 1 heterocycles. The van der Waals surface area contributed by atoms with E-state index in [0.717, 1.165) is 0 Å². The standard InChI is InChI=1S/C13H16N4O4/c1-20-10-4-2-3-5-11(10)21-7-6-17-9(8-14)12(13(18)19)15-16-17/h2-5H,6-8,14H2,1H3,(H,18,19). The average molecular weight is 292 g/mol. The van der Waals surface area contributed by atoms with Crippen molar-refractivity contribution in [1.82, 2.24) is 15.0 Å². The van der Waals surface area contributed by atoms with Crippen molar-refractivity contribution >= 4 is 5.97 Å². The molecule has 2 aromatic rings. The number of carboxylic acid groups (broad SMARTS) is 1. The van der Waals surface area contributed by atoms with Crippen molar-refractivity contribution in [2.24, 2.45) is 5.73 Å². The van der Waals surface area contributed by atoms with Crippen LogP contribution < -0.4 is 15.2 Å². The second kappa shape index (κ2) is 6.71. The molecule has 8 heteroatoms. The Bertz CT molecular complexity index is 626. The van der Waals surface area contributed by atoms with Gasteiger partial charge in [-0.05, 0) is 12.1 Å². The molecule has 0 atom stereocenters. The Morgan fingerprint density at radius 1 is 1.38 bits per heavy atom. The molecule has 0 fully saturated rings. The van der Waals surface area contributed by atoms with E-state index in [1.54, 1.807) is 19.2 Å². The van der Waals surface area contributed by atoms with Crippen molar-refractivity contribution in [3.8, 4) is 11.5 Å². The Morgan fingerprint density at radius 2 is 2.10 bits per heavy atom. The molecule has 0 spiro atoms. The van der Waals surface area contributed by atoms with Gasteiger partial charge in [-0.3, -0.25) is 0 Å². The number of ether oxygens (including phenoxy) is 2. The molecule has 1 aromatic heterocycles. The van der Waals surface area contributed by atoms with Crippen molar-refractivity contribution in [1.29, 1.82) is 0 Å². The minimum atomic E-state index is -1.15. The van der Waals surface area contributed by atoms with Crippen LogP contribution >= 0.6 is 0 Å². The normalized spacial score (nSPS) is 10.4. The fourth-order valence-electron chi connectivity index (χ4n) is 1.86. The van der Waals surface area contributed by atoms with E-state index >= 15 is 0 Å². The summed E-state index contributed by atoms with van der Waals surface area (Å²) in [7, 11) is 1.56. The number of benzene rings is 1. The van der Waals surface area contributed by atoms with Gasteiger partial charge in [-0.1, -0.05) is 17.3 Å². The highest BCUT2D eigenvalue weighted by Gasteiger charge is 2.17. The molecule has 1 aromatic carbocycles. The Labute approximate surface area is 121 Å². The number of aromatic carboxylic acids is 1. The fraction of sp³-hybridized carbons (Fsp3) is 0.308. The van der Waals surface area contributed by atoms with Crippen LogP contribution in [0, 0.1) is 0 Å². The summed E-state index contributed by atoms with van der Waals surface area (Å²) in [6.07, 6.45) is 0. The minimum absolute atomic E-state index is 0.0449. The summed E-state index contributed by atoms with van der Waals surface area (Å²) >= 11 is 0. The number of carbonyl (C=O) groups is 1. The molecule has 0 radical (unpaired) electrons. The van der Waals surface area contributed by atoms with Crippen LogP contribution in [0.15, 0.2) is 24.3 Å². The van der Waals surface area contributed by atoms with Crippen molar-refractivity contribution in [2.45, 2.75) is 13.1 Å². The Kier molecular flexibility index (Phi) is 4.72. The molecule has 2 rings (SSSR count). The first-order valence-corrected chi connectivity index (χ1v) is 6.29. The summed E-state index contributed by atoms with van der Waals surface area (Å²) in [5, 5.41) is 16.3. The highest BCUT2D eigenvalue weighted by Crippen LogP contribution is 2.25. The van der Waals surface area contributed by atoms with E-state index in [9.17, 15) is 4.79 Å². The third-order valence-corrected chi connectivity index (χ3v) is 2.86. The van der Waals surface area contributed by atoms with Gasteiger partial charge in [0.05, 0.1) is 19.3 Å². The monoisotopic (exact) mass is 292 g/mol. The van der Waals surface area contributed by atoms with Gasteiger partial charge in [0, 0.05) is 6.54 Å². The van der Waals surface area contributed by atoms with Gasteiger partial charge < -0.3 is 20.3 Å². The smallest absolute Gasteiger partial charge is 0.358 e. The van der Waals surface area contributed by atoms with Gasteiger partial charge in [0.25, 0.3) is 0 Å². The molecular formula is C13H16N4O4. The first kappa shape index (κ1) is 14.8. The van der Waals surface area contributed by atoms with Gasteiger partial charge in [-0.25, -0.2) is 9.48 Å². The molecule has 112 valence electrons. The zero-order valence-electron chi connectivity index (χ0n) is 11.5. The van der Waals surface area contributed by atoms with Crippen LogP contribution in [0.3, 0.4) is 0 Å². The first-order chi connectivity index (χ1) is 10.2. The minimum Gasteiger partial charge on any atom is -0.493 e. The topological polar surface area (TPSA) is 112 Å². The van der Waals surface area contributed by atoms with Gasteiger partial charge in [0.1, 0.15) is 6.61 Å². The Morgan fingerprint density at radius 3 is 2.71 bits per heavy atom. The van der Waals surface area contributed by atoms with Crippen LogP contribution in [0.1, 0.15) is 16.2 Å². The van der Waals surface area contributed by atoms with Gasteiger partial charge in [0.2, 0.25) is 0 Å². The fourth-order valence-corrected chi connectivity index (χ4v) is 1.86. The third kappa shape index (κ3) is 3.29. The van der Waals surface area contributed by atoms with E-state index in [-0.39, 0.29) is 18.8 Å². The number of carboxylic acids is 1. The highest BCUT2D eigenvalue weighted by molar-refractivity contribution is 5.86. The summed E-state index contributed by atoms with van der Waals surface area (Å²) in [6.45, 7) is 0.671. The van der Waals surface area contributed by atoms with E-state index in [1.807, 2.05) is 12.1 Å².